The first-order valence-corrected chi connectivity index (χ1v) is 7.42. The molecule has 0 bridgehead atoms. The van der Waals surface area contributed by atoms with Gasteiger partial charge in [0.1, 0.15) is 0 Å². The zero-order chi connectivity index (χ0) is 14.3. The number of halogens is 4. The maximum absolute atomic E-state index is 13.6. The number of anilines is 1. The van der Waals surface area contributed by atoms with Crippen LogP contribution < -0.4 is 5.32 Å². The van der Waals surface area contributed by atoms with Crippen LogP contribution in [0.1, 0.15) is 23.6 Å². The van der Waals surface area contributed by atoms with Crippen molar-refractivity contribution in [2.75, 3.05) is 5.32 Å². The van der Waals surface area contributed by atoms with Crippen molar-refractivity contribution in [3.05, 3.63) is 62.6 Å². The summed E-state index contributed by atoms with van der Waals surface area (Å²) in [6, 6.07) is 8.81. The van der Waals surface area contributed by atoms with Crippen LogP contribution in [0, 0.1) is 11.6 Å². The van der Waals surface area contributed by atoms with Crippen molar-refractivity contribution in [2.24, 2.45) is 0 Å². The van der Waals surface area contributed by atoms with E-state index in [0.29, 0.717) is 17.1 Å². The molecule has 1 atom stereocenters. The molecule has 1 nitrogen and oxygen atoms in total. The van der Waals surface area contributed by atoms with E-state index in [9.17, 15) is 8.78 Å². The lowest BCUT2D eigenvalue weighted by molar-refractivity contribution is 0.500. The van der Waals surface area contributed by atoms with E-state index < -0.39 is 11.6 Å². The Labute approximate surface area is 129 Å². The quantitative estimate of drug-likeness (QED) is 0.666. The highest BCUT2D eigenvalue weighted by atomic mass is 79.9. The molecule has 0 aromatic heterocycles. The van der Waals surface area contributed by atoms with Crippen molar-refractivity contribution in [3.63, 3.8) is 0 Å². The average molecular weight is 359 g/mol. The number of benzene rings is 2. The zero-order valence-corrected chi connectivity index (χ0v) is 12.7. The number of rotatable bonds is 1. The summed E-state index contributed by atoms with van der Waals surface area (Å²) in [5, 5.41) is 3.93. The van der Waals surface area contributed by atoms with E-state index in [2.05, 4.69) is 21.2 Å². The van der Waals surface area contributed by atoms with E-state index in [1.165, 1.54) is 6.07 Å². The van der Waals surface area contributed by atoms with Gasteiger partial charge in [-0.05, 0) is 52.0 Å². The second-order valence-corrected chi connectivity index (χ2v) is 5.98. The minimum atomic E-state index is -0.865. The topological polar surface area (TPSA) is 12.0 Å². The fourth-order valence-corrected chi connectivity index (χ4v) is 3.36. The first-order valence-electron chi connectivity index (χ1n) is 6.25. The van der Waals surface area contributed by atoms with E-state index in [1.807, 2.05) is 24.3 Å². The third kappa shape index (κ3) is 2.31. The molecule has 2 aromatic rings. The lowest BCUT2D eigenvalue weighted by atomic mass is 9.93. The molecule has 0 spiro atoms. The molecule has 1 aliphatic heterocycles. The van der Waals surface area contributed by atoms with E-state index in [1.54, 1.807) is 0 Å². The Hall–Kier alpha value is -1.13. The molecule has 1 unspecified atom stereocenters. The molecule has 2 aromatic carbocycles. The fraction of sp³-hybridized carbons (Fsp3) is 0.200. The van der Waals surface area contributed by atoms with E-state index >= 15 is 0 Å². The maximum Gasteiger partial charge on any atom is 0.175 e. The van der Waals surface area contributed by atoms with Gasteiger partial charge in [0, 0.05) is 5.02 Å². The highest BCUT2D eigenvalue weighted by Gasteiger charge is 2.25. The minimum absolute atomic E-state index is 0.00244. The molecular formula is C15H11BrClF2N. The Balaban J connectivity index is 2.00. The van der Waals surface area contributed by atoms with Crippen molar-refractivity contribution in [1.82, 2.24) is 0 Å². The van der Waals surface area contributed by atoms with Gasteiger partial charge in [-0.25, -0.2) is 8.78 Å². The molecule has 1 N–H and O–H groups in total. The predicted molar refractivity (Wildman–Crippen MR) is 80.2 cm³/mol. The summed E-state index contributed by atoms with van der Waals surface area (Å²) >= 11 is 9.32. The number of nitrogens with one attached hydrogen (secondary N) is 1. The zero-order valence-electron chi connectivity index (χ0n) is 10.4. The second-order valence-electron chi connectivity index (χ2n) is 4.78. The lowest BCUT2D eigenvalue weighted by Gasteiger charge is -2.29. The molecule has 0 saturated heterocycles. The molecular weight excluding hydrogens is 348 g/mol. The third-order valence-corrected chi connectivity index (χ3v) is 4.63. The average Bonchev–Trinajstić information content (AvgIpc) is 2.45. The van der Waals surface area contributed by atoms with Crippen molar-refractivity contribution in [1.29, 1.82) is 0 Å². The Morgan fingerprint density at radius 3 is 2.75 bits per heavy atom. The normalized spacial score (nSPS) is 17.5. The summed E-state index contributed by atoms with van der Waals surface area (Å²) in [5.74, 6) is -1.69. The Bertz CT molecular complexity index is 675. The lowest BCUT2D eigenvalue weighted by Crippen LogP contribution is -2.19. The first kappa shape index (κ1) is 13.8. The summed E-state index contributed by atoms with van der Waals surface area (Å²) in [5.41, 5.74) is 2.36. The molecule has 0 fully saturated rings. The molecule has 20 heavy (non-hydrogen) atoms. The van der Waals surface area contributed by atoms with Crippen LogP contribution >= 0.6 is 27.5 Å². The van der Waals surface area contributed by atoms with Gasteiger partial charge < -0.3 is 5.32 Å². The smallest absolute Gasteiger partial charge is 0.175 e. The number of hydrogen-bond acceptors (Lipinski definition) is 1. The summed E-state index contributed by atoms with van der Waals surface area (Å²) in [6.07, 6.45) is 1.46. The van der Waals surface area contributed by atoms with Gasteiger partial charge in [-0.2, -0.15) is 0 Å². The van der Waals surface area contributed by atoms with E-state index in [0.717, 1.165) is 17.5 Å². The number of hydrogen-bond donors (Lipinski definition) is 1. The summed E-state index contributed by atoms with van der Waals surface area (Å²) in [4.78, 5) is 0. The molecule has 0 radical (unpaired) electrons. The van der Waals surface area contributed by atoms with Gasteiger partial charge >= 0.3 is 0 Å². The predicted octanol–water partition coefficient (Wildman–Crippen LogP) is 5.48. The van der Waals surface area contributed by atoms with Gasteiger partial charge in [-0.15, -0.1) is 0 Å². The molecule has 104 valence electrons. The first-order chi connectivity index (χ1) is 9.58. The van der Waals surface area contributed by atoms with Crippen molar-refractivity contribution in [3.8, 4) is 0 Å². The van der Waals surface area contributed by atoms with E-state index in [4.69, 9.17) is 11.6 Å². The fourth-order valence-electron chi connectivity index (χ4n) is 2.53. The standard InChI is InChI=1S/C15H11BrClF2N/c16-13-14(19)11(18)7-8-5-6-12(20-15(8)13)9-3-1-2-4-10(9)17/h1-4,7,12,20H,5-6H2. The monoisotopic (exact) mass is 357 g/mol. The van der Waals surface area contributed by atoms with Crippen LogP contribution in [0.25, 0.3) is 0 Å². The Morgan fingerprint density at radius 1 is 1.25 bits per heavy atom. The Morgan fingerprint density at radius 2 is 2.00 bits per heavy atom. The van der Waals surface area contributed by atoms with Gasteiger partial charge in [0.15, 0.2) is 11.6 Å². The highest BCUT2D eigenvalue weighted by molar-refractivity contribution is 9.10. The molecule has 0 saturated carbocycles. The van der Waals surface area contributed by atoms with Crippen LogP contribution in [0.4, 0.5) is 14.5 Å². The maximum atomic E-state index is 13.6. The van der Waals surface area contributed by atoms with Crippen molar-refractivity contribution < 1.29 is 8.78 Å². The van der Waals surface area contributed by atoms with Crippen LogP contribution in [-0.4, -0.2) is 0 Å². The molecule has 3 rings (SSSR count). The highest BCUT2D eigenvalue weighted by Crippen LogP contribution is 2.40. The van der Waals surface area contributed by atoms with Crippen molar-refractivity contribution >= 4 is 33.2 Å². The molecule has 0 aliphatic carbocycles. The SMILES string of the molecule is Fc1cc2c(c(Br)c1F)NC(c1ccccc1Cl)CC2. The van der Waals surface area contributed by atoms with Crippen LogP contribution in [0.2, 0.25) is 5.02 Å². The number of fused-ring (bicyclic) bond motifs is 1. The summed E-state index contributed by atoms with van der Waals surface area (Å²) < 4.78 is 27.2. The number of aryl methyl sites for hydroxylation is 1. The molecule has 0 amide bonds. The molecule has 5 heteroatoms. The Kier molecular flexibility index (Phi) is 3.69. The van der Waals surface area contributed by atoms with Gasteiger partial charge in [-0.1, -0.05) is 29.8 Å². The molecule has 1 heterocycles. The van der Waals surface area contributed by atoms with Crippen LogP contribution in [0.15, 0.2) is 34.8 Å². The van der Waals surface area contributed by atoms with Crippen LogP contribution in [-0.2, 0) is 6.42 Å². The second kappa shape index (κ2) is 5.34. The van der Waals surface area contributed by atoms with Gasteiger partial charge in [0.2, 0.25) is 0 Å². The minimum Gasteiger partial charge on any atom is -0.377 e. The van der Waals surface area contributed by atoms with Gasteiger partial charge in [-0.3, -0.25) is 0 Å². The third-order valence-electron chi connectivity index (χ3n) is 3.55. The van der Waals surface area contributed by atoms with Crippen molar-refractivity contribution in [2.45, 2.75) is 18.9 Å². The summed E-state index contributed by atoms with van der Waals surface area (Å²) in [6.45, 7) is 0. The van der Waals surface area contributed by atoms with Gasteiger partial charge in [0.05, 0.1) is 16.2 Å². The van der Waals surface area contributed by atoms with Gasteiger partial charge in [0.25, 0.3) is 0 Å². The van der Waals surface area contributed by atoms with E-state index in [-0.39, 0.29) is 10.5 Å². The van der Waals surface area contributed by atoms with Crippen LogP contribution in [0.3, 0.4) is 0 Å². The largest absolute Gasteiger partial charge is 0.377 e. The van der Waals surface area contributed by atoms with Crippen LogP contribution in [0.5, 0.6) is 0 Å². The summed E-state index contributed by atoms with van der Waals surface area (Å²) in [7, 11) is 0. The molecule has 1 aliphatic rings.